The Morgan fingerprint density at radius 3 is 2.26 bits per heavy atom. The van der Waals surface area contributed by atoms with Crippen molar-refractivity contribution in [3.05, 3.63) is 52.2 Å². The van der Waals surface area contributed by atoms with E-state index in [1.54, 1.807) is 30.3 Å². The molecule has 1 aromatic carbocycles. The second-order valence-corrected chi connectivity index (χ2v) is 6.13. The monoisotopic (exact) mass is 332 g/mol. The standard InChI is InChI=1S/C17H20N2O3S/c1-12(2)22-14-7-5-13(6-8-14)16(20)18-9-10-19-17(21)15-4-3-11-23-15/h3-8,11-12H,9-10H2,1-2H3,(H,18,20)(H,19,21). The van der Waals surface area contributed by atoms with Gasteiger partial charge in [-0.25, -0.2) is 0 Å². The second kappa shape index (κ2) is 8.33. The summed E-state index contributed by atoms with van der Waals surface area (Å²) in [5.41, 5.74) is 0.561. The lowest BCUT2D eigenvalue weighted by Crippen LogP contribution is -2.34. The van der Waals surface area contributed by atoms with Gasteiger partial charge in [0, 0.05) is 18.7 Å². The minimum atomic E-state index is -0.175. The lowest BCUT2D eigenvalue weighted by atomic mass is 10.2. The lowest BCUT2D eigenvalue weighted by Gasteiger charge is -2.10. The molecule has 2 N–H and O–H groups in total. The smallest absolute Gasteiger partial charge is 0.261 e. The van der Waals surface area contributed by atoms with E-state index in [2.05, 4.69) is 10.6 Å². The highest BCUT2D eigenvalue weighted by molar-refractivity contribution is 7.12. The topological polar surface area (TPSA) is 67.4 Å². The fourth-order valence-electron chi connectivity index (χ4n) is 1.91. The Balaban J connectivity index is 1.73. The number of benzene rings is 1. The number of ether oxygens (including phenoxy) is 1. The highest BCUT2D eigenvalue weighted by atomic mass is 32.1. The SMILES string of the molecule is CC(C)Oc1ccc(C(=O)NCCNC(=O)c2cccs2)cc1. The summed E-state index contributed by atoms with van der Waals surface area (Å²) < 4.78 is 5.53. The molecule has 0 fully saturated rings. The van der Waals surface area contributed by atoms with Gasteiger partial charge >= 0.3 is 0 Å². The van der Waals surface area contributed by atoms with Gasteiger partial charge in [-0.3, -0.25) is 9.59 Å². The van der Waals surface area contributed by atoms with E-state index in [0.29, 0.717) is 23.5 Å². The zero-order valence-corrected chi connectivity index (χ0v) is 14.0. The predicted octanol–water partition coefficient (Wildman–Crippen LogP) is 2.70. The fraction of sp³-hybridized carbons (Fsp3) is 0.294. The second-order valence-electron chi connectivity index (χ2n) is 5.18. The van der Waals surface area contributed by atoms with Gasteiger partial charge < -0.3 is 15.4 Å². The third kappa shape index (κ3) is 5.41. The van der Waals surface area contributed by atoms with Crippen molar-refractivity contribution in [3.63, 3.8) is 0 Å². The number of rotatable bonds is 7. The van der Waals surface area contributed by atoms with E-state index in [0.717, 1.165) is 5.75 Å². The molecule has 0 aliphatic heterocycles. The first-order valence-electron chi connectivity index (χ1n) is 7.43. The van der Waals surface area contributed by atoms with Crippen molar-refractivity contribution in [2.24, 2.45) is 0 Å². The van der Waals surface area contributed by atoms with Crippen LogP contribution in [0.25, 0.3) is 0 Å². The molecule has 1 aromatic heterocycles. The Hall–Kier alpha value is -2.34. The summed E-state index contributed by atoms with van der Waals surface area (Å²) in [5, 5.41) is 7.38. The molecule has 2 amide bonds. The van der Waals surface area contributed by atoms with E-state index in [1.807, 2.05) is 25.3 Å². The summed E-state index contributed by atoms with van der Waals surface area (Å²) in [7, 11) is 0. The van der Waals surface area contributed by atoms with Crippen LogP contribution in [0.3, 0.4) is 0 Å². The van der Waals surface area contributed by atoms with Gasteiger partial charge in [-0.05, 0) is 49.6 Å². The lowest BCUT2D eigenvalue weighted by molar-refractivity contribution is 0.0929. The number of thiophene rings is 1. The molecule has 1 heterocycles. The molecular weight excluding hydrogens is 312 g/mol. The van der Waals surface area contributed by atoms with Crippen molar-refractivity contribution in [1.29, 1.82) is 0 Å². The first kappa shape index (κ1) is 17.0. The Morgan fingerprint density at radius 2 is 1.70 bits per heavy atom. The average molecular weight is 332 g/mol. The molecule has 0 spiro atoms. The number of carbonyl (C=O) groups is 2. The molecule has 2 aromatic rings. The minimum absolute atomic E-state index is 0.0987. The van der Waals surface area contributed by atoms with E-state index >= 15 is 0 Å². The van der Waals surface area contributed by atoms with Gasteiger partial charge in [-0.15, -0.1) is 11.3 Å². The van der Waals surface area contributed by atoms with Crippen LogP contribution < -0.4 is 15.4 Å². The van der Waals surface area contributed by atoms with Crippen molar-refractivity contribution in [2.45, 2.75) is 20.0 Å². The summed E-state index contributed by atoms with van der Waals surface area (Å²) in [5.74, 6) is 0.440. The van der Waals surface area contributed by atoms with Crippen LogP contribution in [0.2, 0.25) is 0 Å². The van der Waals surface area contributed by atoms with Crippen LogP contribution in [0.5, 0.6) is 5.75 Å². The van der Waals surface area contributed by atoms with E-state index in [1.165, 1.54) is 11.3 Å². The van der Waals surface area contributed by atoms with Gasteiger partial charge in [-0.2, -0.15) is 0 Å². The van der Waals surface area contributed by atoms with Crippen LogP contribution in [0, 0.1) is 0 Å². The number of nitrogens with one attached hydrogen (secondary N) is 2. The summed E-state index contributed by atoms with van der Waals surface area (Å²) in [6.07, 6.45) is 0.0987. The maximum absolute atomic E-state index is 12.0. The van der Waals surface area contributed by atoms with Crippen LogP contribution in [-0.4, -0.2) is 31.0 Å². The summed E-state index contributed by atoms with van der Waals surface area (Å²) in [6.45, 7) is 4.66. The average Bonchev–Trinajstić information content (AvgIpc) is 3.05. The van der Waals surface area contributed by atoms with Crippen LogP contribution in [0.4, 0.5) is 0 Å². The zero-order valence-electron chi connectivity index (χ0n) is 13.2. The van der Waals surface area contributed by atoms with Gasteiger partial charge in [0.2, 0.25) is 0 Å². The third-order valence-electron chi connectivity index (χ3n) is 2.93. The van der Waals surface area contributed by atoms with E-state index in [9.17, 15) is 9.59 Å². The summed E-state index contributed by atoms with van der Waals surface area (Å²) in [4.78, 5) is 24.4. The fourth-order valence-corrected chi connectivity index (χ4v) is 2.55. The minimum Gasteiger partial charge on any atom is -0.491 e. The molecule has 5 nitrogen and oxygen atoms in total. The molecule has 0 atom stereocenters. The molecule has 0 saturated heterocycles. The van der Waals surface area contributed by atoms with Crippen molar-refractivity contribution in [1.82, 2.24) is 10.6 Å². The van der Waals surface area contributed by atoms with Crippen molar-refractivity contribution >= 4 is 23.2 Å². The molecule has 6 heteroatoms. The predicted molar refractivity (Wildman–Crippen MR) is 91.2 cm³/mol. The number of amides is 2. The Kier molecular flexibility index (Phi) is 6.17. The van der Waals surface area contributed by atoms with Crippen molar-refractivity contribution < 1.29 is 14.3 Å². The van der Waals surface area contributed by atoms with Gasteiger partial charge in [0.15, 0.2) is 0 Å². The van der Waals surface area contributed by atoms with Gasteiger partial charge in [0.25, 0.3) is 11.8 Å². The van der Waals surface area contributed by atoms with Crippen molar-refractivity contribution in [2.75, 3.05) is 13.1 Å². The van der Waals surface area contributed by atoms with E-state index in [-0.39, 0.29) is 17.9 Å². The van der Waals surface area contributed by atoms with Gasteiger partial charge in [-0.1, -0.05) is 6.07 Å². The Labute approximate surface area is 139 Å². The molecule has 0 aliphatic rings. The van der Waals surface area contributed by atoms with Crippen LogP contribution in [-0.2, 0) is 0 Å². The first-order valence-corrected chi connectivity index (χ1v) is 8.31. The van der Waals surface area contributed by atoms with Crippen LogP contribution in [0.15, 0.2) is 41.8 Å². The summed E-state index contributed by atoms with van der Waals surface area (Å²) in [6, 6.07) is 10.6. The highest BCUT2D eigenvalue weighted by Gasteiger charge is 2.07. The number of hydrogen-bond donors (Lipinski definition) is 2. The molecule has 23 heavy (non-hydrogen) atoms. The maximum Gasteiger partial charge on any atom is 0.261 e. The highest BCUT2D eigenvalue weighted by Crippen LogP contribution is 2.13. The van der Waals surface area contributed by atoms with E-state index < -0.39 is 0 Å². The third-order valence-corrected chi connectivity index (χ3v) is 3.80. The molecule has 0 unspecified atom stereocenters. The Bertz CT molecular complexity index is 636. The van der Waals surface area contributed by atoms with Gasteiger partial charge in [0.1, 0.15) is 5.75 Å². The zero-order chi connectivity index (χ0) is 16.7. The van der Waals surface area contributed by atoms with E-state index in [4.69, 9.17) is 4.74 Å². The normalized spacial score (nSPS) is 10.4. The molecule has 0 aliphatic carbocycles. The van der Waals surface area contributed by atoms with Gasteiger partial charge in [0.05, 0.1) is 11.0 Å². The first-order chi connectivity index (χ1) is 11.1. The largest absolute Gasteiger partial charge is 0.491 e. The molecular formula is C17H20N2O3S. The molecule has 0 radical (unpaired) electrons. The molecule has 2 rings (SSSR count). The summed E-state index contributed by atoms with van der Waals surface area (Å²) >= 11 is 1.39. The number of hydrogen-bond acceptors (Lipinski definition) is 4. The quantitative estimate of drug-likeness (QED) is 0.766. The maximum atomic E-state index is 12.0. The van der Waals surface area contributed by atoms with Crippen molar-refractivity contribution in [3.8, 4) is 5.75 Å². The molecule has 0 bridgehead atoms. The Morgan fingerprint density at radius 1 is 1.04 bits per heavy atom. The molecule has 122 valence electrons. The van der Waals surface area contributed by atoms with Crippen LogP contribution in [0.1, 0.15) is 33.9 Å². The number of carbonyl (C=O) groups excluding carboxylic acids is 2. The van der Waals surface area contributed by atoms with Crippen LogP contribution >= 0.6 is 11.3 Å². The molecule has 0 saturated carbocycles.